The van der Waals surface area contributed by atoms with E-state index in [1.54, 1.807) is 0 Å². The molecular formula is C13H15NO6. The van der Waals surface area contributed by atoms with Crippen molar-refractivity contribution >= 4 is 0 Å². The van der Waals surface area contributed by atoms with Crippen LogP contribution in [0.4, 0.5) is 0 Å². The zero-order valence-corrected chi connectivity index (χ0v) is 10.5. The van der Waals surface area contributed by atoms with Crippen LogP contribution < -0.4 is 4.74 Å². The third-order valence-electron chi connectivity index (χ3n) is 3.08. The molecule has 0 spiro atoms. The third kappa shape index (κ3) is 2.90. The Hall–Kier alpha value is -1.69. The van der Waals surface area contributed by atoms with Gasteiger partial charge in [-0.3, -0.25) is 0 Å². The summed E-state index contributed by atoms with van der Waals surface area (Å²) in [5.74, 6) is 0.327. The minimum atomic E-state index is -1.48. The molecule has 1 fully saturated rings. The molecule has 1 aliphatic heterocycles. The number of hydrogen-bond acceptors (Lipinski definition) is 7. The summed E-state index contributed by atoms with van der Waals surface area (Å²) >= 11 is 0. The van der Waals surface area contributed by atoms with Gasteiger partial charge in [-0.25, -0.2) is 0 Å². The first-order valence-electron chi connectivity index (χ1n) is 6.04. The Bertz CT molecular complexity index is 483. The van der Waals surface area contributed by atoms with E-state index in [1.165, 1.54) is 24.3 Å². The van der Waals surface area contributed by atoms with Gasteiger partial charge in [0.2, 0.25) is 6.29 Å². The van der Waals surface area contributed by atoms with Crippen molar-refractivity contribution in [3.8, 4) is 11.8 Å². The van der Waals surface area contributed by atoms with Gasteiger partial charge in [0.25, 0.3) is 0 Å². The lowest BCUT2D eigenvalue weighted by atomic mass is 9.99. The first-order chi connectivity index (χ1) is 9.56. The number of aliphatic hydroxyl groups excluding tert-OH is 4. The van der Waals surface area contributed by atoms with Crippen molar-refractivity contribution in [1.82, 2.24) is 0 Å². The second kappa shape index (κ2) is 6.17. The summed E-state index contributed by atoms with van der Waals surface area (Å²) in [6, 6.07) is 8.04. The largest absolute Gasteiger partial charge is 0.462 e. The molecule has 0 aromatic heterocycles. The minimum Gasteiger partial charge on any atom is -0.462 e. The molecule has 2 rings (SSSR count). The maximum absolute atomic E-state index is 9.79. The summed E-state index contributed by atoms with van der Waals surface area (Å²) in [6.07, 6.45) is -6.60. The summed E-state index contributed by atoms with van der Waals surface area (Å²) in [7, 11) is 0. The molecule has 0 unspecified atom stereocenters. The third-order valence-corrected chi connectivity index (χ3v) is 3.08. The van der Waals surface area contributed by atoms with Gasteiger partial charge in [-0.2, -0.15) is 5.26 Å². The summed E-state index contributed by atoms with van der Waals surface area (Å²) in [5.41, 5.74) is 0.450. The van der Waals surface area contributed by atoms with Gasteiger partial charge >= 0.3 is 0 Å². The van der Waals surface area contributed by atoms with Crippen molar-refractivity contribution < 1.29 is 29.9 Å². The molecule has 0 bridgehead atoms. The first-order valence-corrected chi connectivity index (χ1v) is 6.04. The number of nitrogens with zero attached hydrogens (tertiary/aromatic N) is 1. The predicted molar refractivity (Wildman–Crippen MR) is 65.6 cm³/mol. The first kappa shape index (κ1) is 14.7. The van der Waals surface area contributed by atoms with E-state index in [4.69, 9.17) is 19.8 Å². The van der Waals surface area contributed by atoms with E-state index in [1.807, 2.05) is 6.07 Å². The van der Waals surface area contributed by atoms with Crippen LogP contribution in [0.15, 0.2) is 24.3 Å². The molecule has 20 heavy (non-hydrogen) atoms. The fourth-order valence-electron chi connectivity index (χ4n) is 1.91. The van der Waals surface area contributed by atoms with Crippen molar-refractivity contribution in [3.05, 3.63) is 29.8 Å². The molecule has 1 aromatic carbocycles. The maximum Gasteiger partial charge on any atom is 0.229 e. The smallest absolute Gasteiger partial charge is 0.229 e. The minimum absolute atomic E-state index is 0.327. The van der Waals surface area contributed by atoms with E-state index < -0.39 is 37.3 Å². The number of benzene rings is 1. The van der Waals surface area contributed by atoms with Crippen LogP contribution in [0.2, 0.25) is 0 Å². The van der Waals surface area contributed by atoms with Gasteiger partial charge < -0.3 is 29.9 Å². The lowest BCUT2D eigenvalue weighted by molar-refractivity contribution is -0.277. The van der Waals surface area contributed by atoms with Crippen molar-refractivity contribution in [2.45, 2.75) is 30.7 Å². The van der Waals surface area contributed by atoms with Gasteiger partial charge in [-0.1, -0.05) is 0 Å². The van der Waals surface area contributed by atoms with E-state index in [2.05, 4.69) is 0 Å². The van der Waals surface area contributed by atoms with Crippen LogP contribution in [-0.4, -0.2) is 57.7 Å². The molecule has 0 saturated carbocycles. The van der Waals surface area contributed by atoms with E-state index in [-0.39, 0.29) is 0 Å². The standard InChI is InChI=1S/C13H15NO6/c14-5-7-1-3-8(4-2-7)19-13-12(18)11(17)10(16)9(6-15)20-13/h1-4,9-13,15-18H,6H2/t9-,10+,11+,12-,13-/m1/s1. The highest BCUT2D eigenvalue weighted by Crippen LogP contribution is 2.24. The second-order valence-corrected chi connectivity index (χ2v) is 4.45. The SMILES string of the molecule is N#Cc1ccc(O[C@@H]2O[C@H](CO)[C@H](O)[C@H](O)[C@H]2O)cc1. The molecule has 5 atom stereocenters. The Kier molecular flexibility index (Phi) is 4.54. The van der Waals surface area contributed by atoms with E-state index in [9.17, 15) is 15.3 Å². The topological polar surface area (TPSA) is 123 Å². The van der Waals surface area contributed by atoms with Crippen LogP contribution in [-0.2, 0) is 4.74 Å². The van der Waals surface area contributed by atoms with Gasteiger partial charge in [0.05, 0.1) is 18.2 Å². The maximum atomic E-state index is 9.79. The highest BCUT2D eigenvalue weighted by Gasteiger charge is 2.44. The number of rotatable bonds is 3. The van der Waals surface area contributed by atoms with Crippen LogP contribution >= 0.6 is 0 Å². The highest BCUT2D eigenvalue weighted by atomic mass is 16.7. The average molecular weight is 281 g/mol. The number of hydrogen-bond donors (Lipinski definition) is 4. The number of aliphatic hydroxyl groups is 4. The van der Waals surface area contributed by atoms with Crippen LogP contribution in [0.3, 0.4) is 0 Å². The lowest BCUT2D eigenvalue weighted by Crippen LogP contribution is -2.60. The Balaban J connectivity index is 2.09. The molecule has 1 saturated heterocycles. The second-order valence-electron chi connectivity index (χ2n) is 4.45. The van der Waals surface area contributed by atoms with Gasteiger partial charge in [0.1, 0.15) is 30.2 Å². The molecule has 0 aliphatic carbocycles. The van der Waals surface area contributed by atoms with Crippen molar-refractivity contribution in [2.75, 3.05) is 6.61 Å². The average Bonchev–Trinajstić information content (AvgIpc) is 2.48. The van der Waals surface area contributed by atoms with Crippen LogP contribution in [0.25, 0.3) is 0 Å². The van der Waals surface area contributed by atoms with Gasteiger partial charge in [-0.15, -0.1) is 0 Å². The zero-order valence-electron chi connectivity index (χ0n) is 10.5. The highest BCUT2D eigenvalue weighted by molar-refractivity contribution is 5.34. The van der Waals surface area contributed by atoms with E-state index >= 15 is 0 Å². The van der Waals surface area contributed by atoms with Crippen LogP contribution in [0.1, 0.15) is 5.56 Å². The Morgan fingerprint density at radius 3 is 2.30 bits per heavy atom. The predicted octanol–water partition coefficient (Wildman–Crippen LogP) is -1.26. The van der Waals surface area contributed by atoms with Crippen LogP contribution in [0, 0.1) is 11.3 Å². The van der Waals surface area contributed by atoms with E-state index in [0.717, 1.165) is 0 Å². The molecule has 1 heterocycles. The van der Waals surface area contributed by atoms with E-state index in [0.29, 0.717) is 11.3 Å². The molecule has 108 valence electrons. The molecule has 1 aliphatic rings. The Labute approximate surface area is 115 Å². The van der Waals surface area contributed by atoms with Gasteiger partial charge in [-0.05, 0) is 24.3 Å². The molecule has 0 radical (unpaired) electrons. The fraction of sp³-hybridized carbons (Fsp3) is 0.462. The quantitative estimate of drug-likeness (QED) is 0.545. The zero-order chi connectivity index (χ0) is 14.7. The molecular weight excluding hydrogens is 266 g/mol. The lowest BCUT2D eigenvalue weighted by Gasteiger charge is -2.39. The Morgan fingerprint density at radius 2 is 1.75 bits per heavy atom. The van der Waals surface area contributed by atoms with Crippen LogP contribution in [0.5, 0.6) is 5.75 Å². The molecule has 1 aromatic rings. The van der Waals surface area contributed by atoms with Crippen molar-refractivity contribution in [3.63, 3.8) is 0 Å². The summed E-state index contributed by atoms with van der Waals surface area (Å²) in [4.78, 5) is 0. The summed E-state index contributed by atoms with van der Waals surface area (Å²) < 4.78 is 10.5. The van der Waals surface area contributed by atoms with Gasteiger partial charge in [0.15, 0.2) is 0 Å². The van der Waals surface area contributed by atoms with Crippen molar-refractivity contribution in [2.24, 2.45) is 0 Å². The molecule has 0 amide bonds. The normalized spacial score (nSPS) is 33.5. The number of ether oxygens (including phenoxy) is 2. The monoisotopic (exact) mass is 281 g/mol. The van der Waals surface area contributed by atoms with Crippen molar-refractivity contribution in [1.29, 1.82) is 5.26 Å². The molecule has 7 nitrogen and oxygen atoms in total. The fourth-order valence-corrected chi connectivity index (χ4v) is 1.91. The van der Waals surface area contributed by atoms with Gasteiger partial charge in [0, 0.05) is 0 Å². The summed E-state index contributed by atoms with van der Waals surface area (Å²) in [6.45, 7) is -0.516. The molecule has 7 heteroatoms. The summed E-state index contributed by atoms with van der Waals surface area (Å²) in [5, 5.41) is 46.8. The Morgan fingerprint density at radius 1 is 1.10 bits per heavy atom. The number of nitriles is 1. The molecule has 4 N–H and O–H groups in total.